The molecule has 1 aliphatic rings. The van der Waals surface area contributed by atoms with E-state index in [1.54, 1.807) is 41.6 Å². The Kier molecular flexibility index (Phi) is 6.82. The number of benzene rings is 1. The Bertz CT molecular complexity index is 868. The van der Waals surface area contributed by atoms with Crippen LogP contribution in [0.15, 0.2) is 53.7 Å². The lowest BCUT2D eigenvalue weighted by molar-refractivity contribution is -0.384. The zero-order valence-corrected chi connectivity index (χ0v) is 16.8. The number of pyridine rings is 1. The van der Waals surface area contributed by atoms with Gasteiger partial charge >= 0.3 is 0 Å². The van der Waals surface area contributed by atoms with Crippen molar-refractivity contribution >= 4 is 29.3 Å². The quantitative estimate of drug-likeness (QED) is 0.443. The minimum absolute atomic E-state index is 0.0146. The van der Waals surface area contributed by atoms with Crippen LogP contribution in [0.25, 0.3) is 0 Å². The van der Waals surface area contributed by atoms with E-state index < -0.39 is 4.92 Å². The maximum atomic E-state index is 12.5. The van der Waals surface area contributed by atoms with Crippen molar-refractivity contribution < 1.29 is 14.5 Å². The highest BCUT2D eigenvalue weighted by Crippen LogP contribution is 2.26. The molecule has 0 bridgehead atoms. The van der Waals surface area contributed by atoms with Crippen molar-refractivity contribution in [2.75, 3.05) is 13.1 Å². The number of non-ortho nitro benzene ring substituents is 1. The molecule has 2 amide bonds. The second kappa shape index (κ2) is 9.51. The molecule has 1 aromatic heterocycles. The van der Waals surface area contributed by atoms with E-state index in [0.29, 0.717) is 31.5 Å². The van der Waals surface area contributed by atoms with Gasteiger partial charge < -0.3 is 10.2 Å². The Balaban J connectivity index is 1.46. The van der Waals surface area contributed by atoms with Crippen LogP contribution < -0.4 is 5.32 Å². The molecule has 3 rings (SSSR count). The molecule has 1 fully saturated rings. The maximum Gasteiger partial charge on any atom is 0.269 e. The molecule has 1 aromatic carbocycles. The predicted octanol–water partition coefficient (Wildman–Crippen LogP) is 2.89. The molecule has 0 unspecified atom stereocenters. The van der Waals surface area contributed by atoms with Gasteiger partial charge in [-0.25, -0.2) is 0 Å². The van der Waals surface area contributed by atoms with Crippen LogP contribution in [-0.4, -0.2) is 51.0 Å². The number of hydrogen-bond acceptors (Lipinski definition) is 6. The molecule has 152 valence electrons. The van der Waals surface area contributed by atoms with E-state index in [1.807, 2.05) is 6.92 Å². The topological polar surface area (TPSA) is 105 Å². The Morgan fingerprint density at radius 1 is 1.17 bits per heavy atom. The number of rotatable bonds is 6. The van der Waals surface area contributed by atoms with E-state index in [0.717, 1.165) is 4.90 Å². The molecular weight excluding hydrogens is 392 g/mol. The zero-order chi connectivity index (χ0) is 20.8. The molecule has 1 saturated heterocycles. The first kappa shape index (κ1) is 20.8. The number of aromatic nitrogens is 1. The summed E-state index contributed by atoms with van der Waals surface area (Å²) >= 11 is 1.36. The van der Waals surface area contributed by atoms with Gasteiger partial charge in [0.05, 0.1) is 10.2 Å². The SMILES string of the molecule is C[C@H](Sc1ccc([N+](=O)[O-])cc1)C(=O)NC1CCN(C(=O)c2ccncc2)CC1. The summed E-state index contributed by atoms with van der Waals surface area (Å²) in [6.45, 7) is 3.00. The highest BCUT2D eigenvalue weighted by atomic mass is 32.2. The van der Waals surface area contributed by atoms with Crippen molar-refractivity contribution in [2.45, 2.75) is 36.0 Å². The molecule has 0 radical (unpaired) electrons. The third-order valence-electron chi connectivity index (χ3n) is 4.79. The van der Waals surface area contributed by atoms with Gasteiger partial charge in [-0.1, -0.05) is 0 Å². The first-order valence-corrected chi connectivity index (χ1v) is 10.2. The van der Waals surface area contributed by atoms with Crippen LogP contribution in [0.2, 0.25) is 0 Å². The van der Waals surface area contributed by atoms with Gasteiger partial charge in [-0.05, 0) is 44.0 Å². The number of hydrogen-bond donors (Lipinski definition) is 1. The van der Waals surface area contributed by atoms with Gasteiger partial charge in [-0.15, -0.1) is 11.8 Å². The van der Waals surface area contributed by atoms with Gasteiger partial charge in [0.15, 0.2) is 0 Å². The highest BCUT2D eigenvalue weighted by Gasteiger charge is 2.26. The Morgan fingerprint density at radius 3 is 2.38 bits per heavy atom. The molecule has 1 atom stereocenters. The Labute approximate surface area is 172 Å². The lowest BCUT2D eigenvalue weighted by atomic mass is 10.0. The third kappa shape index (κ3) is 5.54. The number of piperidine rings is 1. The first-order chi connectivity index (χ1) is 13.9. The fourth-order valence-electron chi connectivity index (χ4n) is 3.13. The minimum atomic E-state index is -0.448. The molecule has 8 nitrogen and oxygen atoms in total. The van der Waals surface area contributed by atoms with E-state index in [9.17, 15) is 19.7 Å². The van der Waals surface area contributed by atoms with Crippen molar-refractivity contribution in [1.29, 1.82) is 0 Å². The summed E-state index contributed by atoms with van der Waals surface area (Å²) in [6, 6.07) is 9.60. The van der Waals surface area contributed by atoms with Crippen LogP contribution in [-0.2, 0) is 4.79 Å². The fourth-order valence-corrected chi connectivity index (χ4v) is 4.00. The predicted molar refractivity (Wildman–Crippen MR) is 110 cm³/mol. The Morgan fingerprint density at radius 2 is 1.79 bits per heavy atom. The summed E-state index contributed by atoms with van der Waals surface area (Å²) in [5.74, 6) is -0.0912. The molecule has 0 saturated carbocycles. The number of nitro benzene ring substituents is 1. The third-order valence-corrected chi connectivity index (χ3v) is 5.90. The standard InChI is InChI=1S/C20H22N4O4S/c1-14(29-18-4-2-17(3-5-18)24(27)28)19(25)22-16-8-12-23(13-9-16)20(26)15-6-10-21-11-7-15/h2-7,10-11,14,16H,8-9,12-13H2,1H3,(H,22,25)/t14-/m0/s1. The number of thioether (sulfide) groups is 1. The van der Waals surface area contributed by atoms with Gasteiger partial charge in [-0.2, -0.15) is 0 Å². The molecule has 0 aliphatic carbocycles. The van der Waals surface area contributed by atoms with Crippen LogP contribution in [0.5, 0.6) is 0 Å². The van der Waals surface area contributed by atoms with Crippen LogP contribution in [0.4, 0.5) is 5.69 Å². The van der Waals surface area contributed by atoms with Crippen LogP contribution >= 0.6 is 11.8 Å². The smallest absolute Gasteiger partial charge is 0.269 e. The molecule has 2 aromatic rings. The Hall–Kier alpha value is -2.94. The fraction of sp³-hybridized carbons (Fsp3) is 0.350. The molecule has 1 N–H and O–H groups in total. The van der Waals surface area contributed by atoms with Crippen molar-refractivity contribution in [1.82, 2.24) is 15.2 Å². The van der Waals surface area contributed by atoms with Crippen molar-refractivity contribution in [2.24, 2.45) is 0 Å². The molecule has 9 heteroatoms. The van der Waals surface area contributed by atoms with Crippen molar-refractivity contribution in [3.63, 3.8) is 0 Å². The van der Waals surface area contributed by atoms with Gasteiger partial charge in [0.25, 0.3) is 11.6 Å². The van der Waals surface area contributed by atoms with Crippen LogP contribution in [0.1, 0.15) is 30.1 Å². The second-order valence-corrected chi connectivity index (χ2v) is 8.24. The largest absolute Gasteiger partial charge is 0.352 e. The summed E-state index contributed by atoms with van der Waals surface area (Å²) in [6.07, 6.45) is 4.61. The van der Waals surface area contributed by atoms with E-state index in [2.05, 4.69) is 10.3 Å². The van der Waals surface area contributed by atoms with Gasteiger partial charge in [0.2, 0.25) is 5.91 Å². The zero-order valence-electron chi connectivity index (χ0n) is 16.0. The van der Waals surface area contributed by atoms with E-state index >= 15 is 0 Å². The van der Waals surface area contributed by atoms with E-state index in [4.69, 9.17) is 0 Å². The summed E-state index contributed by atoms with van der Waals surface area (Å²) in [5.41, 5.74) is 0.648. The van der Waals surface area contributed by atoms with Crippen LogP contribution in [0, 0.1) is 10.1 Å². The number of amides is 2. The van der Waals surface area contributed by atoms with E-state index in [1.165, 1.54) is 23.9 Å². The average Bonchev–Trinajstić information content (AvgIpc) is 2.74. The minimum Gasteiger partial charge on any atom is -0.352 e. The van der Waals surface area contributed by atoms with E-state index in [-0.39, 0.29) is 28.8 Å². The number of carbonyl (C=O) groups is 2. The van der Waals surface area contributed by atoms with Gasteiger partial charge in [0.1, 0.15) is 0 Å². The van der Waals surface area contributed by atoms with Crippen LogP contribution in [0.3, 0.4) is 0 Å². The number of nitrogens with zero attached hydrogens (tertiary/aromatic N) is 3. The first-order valence-electron chi connectivity index (χ1n) is 9.35. The lowest BCUT2D eigenvalue weighted by Gasteiger charge is -2.33. The highest BCUT2D eigenvalue weighted by molar-refractivity contribution is 8.00. The maximum absolute atomic E-state index is 12.5. The number of likely N-dealkylation sites (tertiary alicyclic amines) is 1. The molecule has 1 aliphatic heterocycles. The van der Waals surface area contributed by atoms with Gasteiger partial charge in [0, 0.05) is 54.1 Å². The normalized spacial score (nSPS) is 15.6. The average molecular weight is 414 g/mol. The summed E-state index contributed by atoms with van der Waals surface area (Å²) in [7, 11) is 0. The van der Waals surface area contributed by atoms with Crippen molar-refractivity contribution in [3.05, 3.63) is 64.5 Å². The lowest BCUT2D eigenvalue weighted by Crippen LogP contribution is -2.48. The molecule has 0 spiro atoms. The van der Waals surface area contributed by atoms with Gasteiger partial charge in [-0.3, -0.25) is 24.7 Å². The van der Waals surface area contributed by atoms with Crippen molar-refractivity contribution in [3.8, 4) is 0 Å². The molecular formula is C20H22N4O4S. The monoisotopic (exact) mass is 414 g/mol. The summed E-state index contributed by atoms with van der Waals surface area (Å²) < 4.78 is 0. The number of nitro groups is 1. The summed E-state index contributed by atoms with van der Waals surface area (Å²) in [4.78, 5) is 41.8. The number of nitrogens with one attached hydrogen (secondary N) is 1. The molecule has 29 heavy (non-hydrogen) atoms. The molecule has 2 heterocycles. The second-order valence-electron chi connectivity index (χ2n) is 6.82. The summed E-state index contributed by atoms with van der Waals surface area (Å²) in [5, 5.41) is 13.4. The number of carbonyl (C=O) groups excluding carboxylic acids is 2.